The zero-order valence-electron chi connectivity index (χ0n) is 23.3. The van der Waals surface area contributed by atoms with Gasteiger partial charge in [0.25, 0.3) is 0 Å². The first-order chi connectivity index (χ1) is 18.4. The third-order valence-electron chi connectivity index (χ3n) is 6.97. The lowest BCUT2D eigenvalue weighted by Crippen LogP contribution is -2.08. The Morgan fingerprint density at radius 3 is 1.79 bits per heavy atom. The van der Waals surface area contributed by atoms with Crippen molar-refractivity contribution in [1.29, 1.82) is 0 Å². The first-order valence-corrected chi connectivity index (χ1v) is 13.1. The van der Waals surface area contributed by atoms with Crippen LogP contribution in [0.4, 0.5) is 0 Å². The summed E-state index contributed by atoms with van der Waals surface area (Å²) in [5.41, 5.74) is 4.20. The van der Waals surface area contributed by atoms with Gasteiger partial charge in [-0.3, -0.25) is 0 Å². The van der Waals surface area contributed by atoms with Crippen LogP contribution in [0.15, 0.2) is 36.4 Å². The molecule has 38 heavy (non-hydrogen) atoms. The maximum Gasteiger partial charge on any atom is 0.211 e. The minimum absolute atomic E-state index is 0.0372. The zero-order chi connectivity index (χ0) is 27.4. The van der Waals surface area contributed by atoms with Crippen LogP contribution in [-0.2, 0) is 12.8 Å². The summed E-state index contributed by atoms with van der Waals surface area (Å²) in [5, 5.41) is 11.0. The first kappa shape index (κ1) is 27.3. The molecular formula is C31H38O7. The molecule has 0 aliphatic carbocycles. The van der Waals surface area contributed by atoms with Crippen molar-refractivity contribution >= 4 is 0 Å². The molecular weight excluding hydrogens is 484 g/mol. The maximum absolute atomic E-state index is 11.0. The van der Waals surface area contributed by atoms with Crippen LogP contribution in [0.2, 0.25) is 0 Å². The highest BCUT2D eigenvalue weighted by molar-refractivity contribution is 5.61. The van der Waals surface area contributed by atoms with Crippen LogP contribution in [0.3, 0.4) is 0 Å². The van der Waals surface area contributed by atoms with Gasteiger partial charge < -0.3 is 33.5 Å². The molecule has 7 heteroatoms. The standard InChI is InChI=1S/C31H38O7/c1-8-10-19-12-22-18(3)29(38-30(22)25(13-19)34-5)21-16-23(33-4)28(32)24(17-21)37-31-26(35-6)14-20(11-9-2)15-27(31)36-7/h12-18,29,32H,8-11H2,1-7H3. The van der Waals surface area contributed by atoms with E-state index >= 15 is 0 Å². The number of hydrogen-bond acceptors (Lipinski definition) is 7. The third-order valence-corrected chi connectivity index (χ3v) is 6.97. The molecule has 0 radical (unpaired) electrons. The summed E-state index contributed by atoms with van der Waals surface area (Å²) < 4.78 is 35.2. The van der Waals surface area contributed by atoms with Gasteiger partial charge in [-0.25, -0.2) is 0 Å². The van der Waals surface area contributed by atoms with Crippen LogP contribution in [0, 0.1) is 0 Å². The van der Waals surface area contributed by atoms with E-state index in [1.165, 1.54) is 12.7 Å². The Balaban J connectivity index is 1.76. The van der Waals surface area contributed by atoms with Crippen molar-refractivity contribution in [1.82, 2.24) is 0 Å². The number of phenols is 1. The lowest BCUT2D eigenvalue weighted by Gasteiger charge is -2.21. The SMILES string of the molecule is CCCc1cc(OC)c(Oc2cc(C3Oc4c(OC)cc(CCC)cc4C3C)cc(OC)c2O)c(OC)c1. The summed E-state index contributed by atoms with van der Waals surface area (Å²) in [6.07, 6.45) is 3.54. The summed E-state index contributed by atoms with van der Waals surface area (Å²) >= 11 is 0. The topological polar surface area (TPSA) is 75.6 Å². The minimum atomic E-state index is -0.330. The molecule has 2 unspecified atom stereocenters. The molecule has 7 nitrogen and oxygen atoms in total. The second-order valence-electron chi connectivity index (χ2n) is 9.54. The molecule has 0 saturated carbocycles. The van der Waals surface area contributed by atoms with Gasteiger partial charge in [0.15, 0.2) is 34.5 Å². The Labute approximate surface area is 225 Å². The molecule has 0 spiro atoms. The predicted octanol–water partition coefficient (Wildman–Crippen LogP) is 7.36. The van der Waals surface area contributed by atoms with E-state index in [9.17, 15) is 5.11 Å². The van der Waals surface area contributed by atoms with Gasteiger partial charge in [-0.15, -0.1) is 0 Å². The Morgan fingerprint density at radius 1 is 0.711 bits per heavy atom. The molecule has 0 amide bonds. The van der Waals surface area contributed by atoms with Crippen LogP contribution in [0.5, 0.6) is 46.0 Å². The fourth-order valence-corrected chi connectivity index (χ4v) is 5.06. The number of aromatic hydroxyl groups is 1. The van der Waals surface area contributed by atoms with Gasteiger partial charge in [0.2, 0.25) is 11.5 Å². The van der Waals surface area contributed by atoms with Gasteiger partial charge in [0, 0.05) is 17.0 Å². The lowest BCUT2D eigenvalue weighted by molar-refractivity contribution is 0.207. The van der Waals surface area contributed by atoms with Crippen LogP contribution in [0.1, 0.15) is 67.9 Å². The van der Waals surface area contributed by atoms with E-state index in [-0.39, 0.29) is 29.3 Å². The van der Waals surface area contributed by atoms with E-state index in [2.05, 4.69) is 26.8 Å². The number of ether oxygens (including phenoxy) is 6. The maximum atomic E-state index is 11.0. The van der Waals surface area contributed by atoms with Crippen molar-refractivity contribution in [3.05, 3.63) is 58.7 Å². The first-order valence-electron chi connectivity index (χ1n) is 13.1. The average molecular weight is 523 g/mol. The zero-order valence-corrected chi connectivity index (χ0v) is 23.3. The van der Waals surface area contributed by atoms with Gasteiger partial charge in [-0.2, -0.15) is 0 Å². The molecule has 3 aromatic carbocycles. The van der Waals surface area contributed by atoms with Crippen LogP contribution in [0.25, 0.3) is 0 Å². The van der Waals surface area contributed by atoms with Crippen molar-refractivity contribution in [2.45, 2.75) is 58.5 Å². The molecule has 0 fully saturated rings. The number of hydrogen-bond donors (Lipinski definition) is 1. The number of methoxy groups -OCH3 is 4. The van der Waals surface area contributed by atoms with Crippen molar-refractivity contribution in [3.8, 4) is 46.0 Å². The van der Waals surface area contributed by atoms with E-state index < -0.39 is 0 Å². The van der Waals surface area contributed by atoms with Gasteiger partial charge in [0.05, 0.1) is 28.4 Å². The highest BCUT2D eigenvalue weighted by Gasteiger charge is 2.36. The number of benzene rings is 3. The number of phenolic OH excluding ortho intramolecular Hbond substituents is 1. The summed E-state index contributed by atoms with van der Waals surface area (Å²) in [4.78, 5) is 0. The molecule has 0 bridgehead atoms. The van der Waals surface area contributed by atoms with E-state index in [4.69, 9.17) is 28.4 Å². The van der Waals surface area contributed by atoms with Gasteiger partial charge in [-0.1, -0.05) is 39.7 Å². The molecule has 1 aliphatic rings. The van der Waals surface area contributed by atoms with E-state index in [1.54, 1.807) is 33.5 Å². The second-order valence-corrected chi connectivity index (χ2v) is 9.54. The van der Waals surface area contributed by atoms with E-state index in [1.807, 2.05) is 18.2 Å². The quantitative estimate of drug-likeness (QED) is 0.282. The Morgan fingerprint density at radius 2 is 1.24 bits per heavy atom. The van der Waals surface area contributed by atoms with Crippen LogP contribution in [-0.4, -0.2) is 33.5 Å². The molecule has 1 aliphatic heterocycles. The highest BCUT2D eigenvalue weighted by Crippen LogP contribution is 2.53. The third kappa shape index (κ3) is 5.15. The van der Waals surface area contributed by atoms with Crippen LogP contribution >= 0.6 is 0 Å². The Hall–Kier alpha value is -3.74. The summed E-state index contributed by atoms with van der Waals surface area (Å²) in [5.74, 6) is 3.29. The van der Waals surface area contributed by atoms with Crippen molar-refractivity contribution < 1.29 is 33.5 Å². The van der Waals surface area contributed by atoms with Gasteiger partial charge in [0.1, 0.15) is 6.10 Å². The van der Waals surface area contributed by atoms with Gasteiger partial charge in [-0.05, 0) is 54.3 Å². The average Bonchev–Trinajstić information content (AvgIpc) is 3.26. The second kappa shape index (κ2) is 11.8. The largest absolute Gasteiger partial charge is 0.502 e. The Kier molecular flexibility index (Phi) is 8.45. The molecule has 2 atom stereocenters. The fraction of sp³-hybridized carbons (Fsp3) is 0.419. The smallest absolute Gasteiger partial charge is 0.211 e. The molecule has 0 saturated heterocycles. The molecule has 1 heterocycles. The van der Waals surface area contributed by atoms with Crippen LogP contribution < -0.4 is 28.4 Å². The van der Waals surface area contributed by atoms with Crippen molar-refractivity contribution in [2.24, 2.45) is 0 Å². The summed E-state index contributed by atoms with van der Waals surface area (Å²) in [6.45, 7) is 6.40. The number of aryl methyl sites for hydroxylation is 2. The molecule has 204 valence electrons. The molecule has 4 rings (SSSR count). The molecule has 3 aromatic rings. The Bertz CT molecular complexity index is 1260. The lowest BCUT2D eigenvalue weighted by atomic mass is 9.91. The molecule has 0 aromatic heterocycles. The number of fused-ring (bicyclic) bond motifs is 1. The van der Waals surface area contributed by atoms with Gasteiger partial charge >= 0.3 is 0 Å². The van der Waals surface area contributed by atoms with E-state index in [0.29, 0.717) is 17.2 Å². The summed E-state index contributed by atoms with van der Waals surface area (Å²) in [7, 11) is 6.34. The molecule has 1 N–H and O–H groups in total. The predicted molar refractivity (Wildman–Crippen MR) is 147 cm³/mol. The van der Waals surface area contributed by atoms with E-state index in [0.717, 1.165) is 53.9 Å². The number of rotatable bonds is 11. The van der Waals surface area contributed by atoms with Crippen molar-refractivity contribution in [3.63, 3.8) is 0 Å². The summed E-state index contributed by atoms with van der Waals surface area (Å²) in [6, 6.07) is 11.7. The fourth-order valence-electron chi connectivity index (χ4n) is 5.06. The normalized spacial score (nSPS) is 16.0. The monoisotopic (exact) mass is 522 g/mol. The highest BCUT2D eigenvalue weighted by atomic mass is 16.5. The minimum Gasteiger partial charge on any atom is -0.502 e. The van der Waals surface area contributed by atoms with Crippen molar-refractivity contribution in [2.75, 3.05) is 28.4 Å².